The molecule has 0 aliphatic carbocycles. The molecule has 0 fully saturated rings. The van der Waals surface area contributed by atoms with Crippen LogP contribution in [0, 0.1) is 26.7 Å². The maximum atomic E-state index is 12.5. The molecule has 0 saturated heterocycles. The largest absolute Gasteiger partial charge is 0.340 e. The Kier molecular flexibility index (Phi) is 6.92. The van der Waals surface area contributed by atoms with Gasteiger partial charge in [-0.05, 0) is 44.9 Å². The standard InChI is InChI=1S/C20H27N5O3/c1-12(2)18(21-19(27)16-8-6-13(3)7-9-16)20(28)23-22-17(26)11-25-15(5)10-14(4)24-25/h6-10,12,18H,11H2,1-5H3,(H,21,27)(H,22,26)(H,23,28). The smallest absolute Gasteiger partial charge is 0.261 e. The highest BCUT2D eigenvalue weighted by Crippen LogP contribution is 2.07. The Morgan fingerprint density at radius 2 is 1.68 bits per heavy atom. The van der Waals surface area contributed by atoms with Crippen LogP contribution >= 0.6 is 0 Å². The lowest BCUT2D eigenvalue weighted by molar-refractivity contribution is -0.130. The first kappa shape index (κ1) is 21.1. The second-order valence-corrected chi connectivity index (χ2v) is 7.18. The van der Waals surface area contributed by atoms with Gasteiger partial charge in [0.15, 0.2) is 0 Å². The summed E-state index contributed by atoms with van der Waals surface area (Å²) in [5.74, 6) is -1.41. The van der Waals surface area contributed by atoms with Gasteiger partial charge in [-0.3, -0.25) is 29.9 Å². The minimum absolute atomic E-state index is 0.0119. The van der Waals surface area contributed by atoms with Crippen molar-refractivity contribution in [3.63, 3.8) is 0 Å². The number of rotatable bonds is 6. The van der Waals surface area contributed by atoms with Gasteiger partial charge >= 0.3 is 0 Å². The number of hydrogen-bond donors (Lipinski definition) is 3. The summed E-state index contributed by atoms with van der Waals surface area (Å²) in [5.41, 5.74) is 7.93. The number of hydrogen-bond acceptors (Lipinski definition) is 4. The minimum Gasteiger partial charge on any atom is -0.340 e. The van der Waals surface area contributed by atoms with Gasteiger partial charge in [0.1, 0.15) is 12.6 Å². The van der Waals surface area contributed by atoms with Crippen molar-refractivity contribution in [3.8, 4) is 0 Å². The Hall–Kier alpha value is -3.16. The molecule has 28 heavy (non-hydrogen) atoms. The summed E-state index contributed by atoms with van der Waals surface area (Å²) < 4.78 is 1.55. The molecule has 3 N–H and O–H groups in total. The molecular weight excluding hydrogens is 358 g/mol. The van der Waals surface area contributed by atoms with Crippen molar-refractivity contribution in [1.29, 1.82) is 0 Å². The Labute approximate surface area is 164 Å². The fourth-order valence-electron chi connectivity index (χ4n) is 2.68. The first-order valence-corrected chi connectivity index (χ1v) is 9.14. The normalized spacial score (nSPS) is 11.8. The van der Waals surface area contributed by atoms with Crippen LogP contribution in [-0.4, -0.2) is 33.5 Å². The summed E-state index contributed by atoms with van der Waals surface area (Å²) in [7, 11) is 0. The maximum Gasteiger partial charge on any atom is 0.261 e. The number of benzene rings is 1. The Bertz CT molecular complexity index is 855. The van der Waals surface area contributed by atoms with Crippen molar-refractivity contribution in [3.05, 3.63) is 52.8 Å². The fraction of sp³-hybridized carbons (Fsp3) is 0.400. The van der Waals surface area contributed by atoms with E-state index in [9.17, 15) is 14.4 Å². The second-order valence-electron chi connectivity index (χ2n) is 7.18. The van der Waals surface area contributed by atoms with Gasteiger partial charge in [0.05, 0.1) is 5.69 Å². The molecule has 1 unspecified atom stereocenters. The Morgan fingerprint density at radius 3 is 2.21 bits per heavy atom. The maximum absolute atomic E-state index is 12.5. The Balaban J connectivity index is 1.93. The van der Waals surface area contributed by atoms with Crippen LogP contribution in [0.15, 0.2) is 30.3 Å². The molecule has 0 radical (unpaired) electrons. The lowest BCUT2D eigenvalue weighted by Gasteiger charge is -2.22. The highest BCUT2D eigenvalue weighted by molar-refractivity contribution is 5.97. The zero-order chi connectivity index (χ0) is 20.8. The zero-order valence-electron chi connectivity index (χ0n) is 16.9. The monoisotopic (exact) mass is 385 g/mol. The third-order valence-corrected chi connectivity index (χ3v) is 4.27. The van der Waals surface area contributed by atoms with E-state index >= 15 is 0 Å². The third-order valence-electron chi connectivity index (χ3n) is 4.27. The van der Waals surface area contributed by atoms with E-state index in [2.05, 4.69) is 21.3 Å². The van der Waals surface area contributed by atoms with Crippen LogP contribution < -0.4 is 16.2 Å². The summed E-state index contributed by atoms with van der Waals surface area (Å²) in [6.45, 7) is 9.24. The summed E-state index contributed by atoms with van der Waals surface area (Å²) in [5, 5.41) is 6.92. The predicted octanol–water partition coefficient (Wildman–Crippen LogP) is 1.41. The molecule has 0 aliphatic rings. The van der Waals surface area contributed by atoms with E-state index in [0.29, 0.717) is 5.56 Å². The quantitative estimate of drug-likeness (QED) is 0.654. The van der Waals surface area contributed by atoms with Crippen LogP contribution in [0.2, 0.25) is 0 Å². The number of carbonyl (C=O) groups is 3. The summed E-state index contributed by atoms with van der Waals surface area (Å²) in [4.78, 5) is 36.9. The third kappa shape index (κ3) is 5.67. The van der Waals surface area contributed by atoms with Crippen LogP contribution in [-0.2, 0) is 16.1 Å². The van der Waals surface area contributed by atoms with Gasteiger partial charge < -0.3 is 5.32 Å². The van der Waals surface area contributed by atoms with Crippen molar-refractivity contribution in [1.82, 2.24) is 25.9 Å². The van der Waals surface area contributed by atoms with E-state index in [0.717, 1.165) is 17.0 Å². The molecule has 150 valence electrons. The minimum atomic E-state index is -0.789. The fourth-order valence-corrected chi connectivity index (χ4v) is 2.68. The highest BCUT2D eigenvalue weighted by atomic mass is 16.2. The van der Waals surface area contributed by atoms with Crippen LogP contribution in [0.25, 0.3) is 0 Å². The number of aryl methyl sites for hydroxylation is 3. The van der Waals surface area contributed by atoms with Crippen molar-refractivity contribution < 1.29 is 14.4 Å². The summed E-state index contributed by atoms with van der Waals surface area (Å²) >= 11 is 0. The lowest BCUT2D eigenvalue weighted by atomic mass is 10.0. The average Bonchev–Trinajstić information content (AvgIpc) is 2.94. The number of carbonyl (C=O) groups excluding carboxylic acids is 3. The lowest BCUT2D eigenvalue weighted by Crippen LogP contribution is -2.54. The van der Waals surface area contributed by atoms with E-state index in [4.69, 9.17) is 0 Å². The number of amides is 3. The van der Waals surface area contributed by atoms with Gasteiger partial charge in [-0.25, -0.2) is 0 Å². The molecule has 2 aromatic rings. The molecule has 0 bridgehead atoms. The molecule has 0 saturated carbocycles. The molecule has 1 aromatic heterocycles. The molecule has 0 spiro atoms. The Morgan fingerprint density at radius 1 is 1.04 bits per heavy atom. The van der Waals surface area contributed by atoms with E-state index < -0.39 is 17.9 Å². The molecule has 2 rings (SSSR count). The van der Waals surface area contributed by atoms with Crippen molar-refractivity contribution in [2.75, 3.05) is 0 Å². The first-order chi connectivity index (χ1) is 13.2. The second kappa shape index (κ2) is 9.16. The first-order valence-electron chi connectivity index (χ1n) is 9.14. The number of aromatic nitrogens is 2. The van der Waals surface area contributed by atoms with Gasteiger partial charge in [0.2, 0.25) is 0 Å². The summed E-state index contributed by atoms with van der Waals surface area (Å²) in [6.07, 6.45) is 0. The van der Waals surface area contributed by atoms with Gasteiger partial charge in [-0.15, -0.1) is 0 Å². The molecule has 1 heterocycles. The highest BCUT2D eigenvalue weighted by Gasteiger charge is 2.25. The molecule has 1 aromatic carbocycles. The van der Waals surface area contributed by atoms with E-state index in [1.54, 1.807) is 16.8 Å². The summed E-state index contributed by atoms with van der Waals surface area (Å²) in [6, 6.07) is 8.15. The van der Waals surface area contributed by atoms with Gasteiger partial charge in [-0.2, -0.15) is 5.10 Å². The van der Waals surface area contributed by atoms with Crippen molar-refractivity contribution in [2.24, 2.45) is 5.92 Å². The van der Waals surface area contributed by atoms with Crippen LogP contribution in [0.5, 0.6) is 0 Å². The number of nitrogens with one attached hydrogen (secondary N) is 3. The van der Waals surface area contributed by atoms with Crippen molar-refractivity contribution >= 4 is 17.7 Å². The van der Waals surface area contributed by atoms with Gasteiger partial charge in [0, 0.05) is 11.3 Å². The number of hydrazine groups is 1. The van der Waals surface area contributed by atoms with Crippen molar-refractivity contribution in [2.45, 2.75) is 47.2 Å². The topological polar surface area (TPSA) is 105 Å². The zero-order valence-corrected chi connectivity index (χ0v) is 16.9. The predicted molar refractivity (Wildman–Crippen MR) is 105 cm³/mol. The molecule has 1 atom stereocenters. The van der Waals surface area contributed by atoms with Crippen LogP contribution in [0.1, 0.15) is 41.2 Å². The van der Waals surface area contributed by atoms with Crippen LogP contribution in [0.3, 0.4) is 0 Å². The SMILES string of the molecule is Cc1ccc(C(=O)NC(C(=O)NNC(=O)Cn2nc(C)cc2C)C(C)C)cc1. The molecular formula is C20H27N5O3. The van der Waals surface area contributed by atoms with Gasteiger partial charge in [0.25, 0.3) is 17.7 Å². The van der Waals surface area contributed by atoms with Gasteiger partial charge in [-0.1, -0.05) is 31.5 Å². The number of nitrogens with zero attached hydrogens (tertiary/aromatic N) is 2. The van der Waals surface area contributed by atoms with E-state index in [1.807, 2.05) is 52.8 Å². The molecule has 3 amide bonds. The van der Waals surface area contributed by atoms with E-state index in [-0.39, 0.29) is 18.4 Å². The molecule has 8 heteroatoms. The molecule has 8 nitrogen and oxygen atoms in total. The molecule has 0 aliphatic heterocycles. The van der Waals surface area contributed by atoms with E-state index in [1.165, 1.54) is 0 Å². The van der Waals surface area contributed by atoms with Crippen LogP contribution in [0.4, 0.5) is 0 Å². The average molecular weight is 385 g/mol.